The molecule has 7 rings (SSSR count). The zero-order chi connectivity index (χ0) is 35.4. The van der Waals surface area contributed by atoms with E-state index in [2.05, 4.69) is 52.5 Å². The maximum Gasteiger partial charge on any atom is 0.341 e. The lowest BCUT2D eigenvalue weighted by Crippen LogP contribution is -2.39. The zero-order valence-corrected chi connectivity index (χ0v) is 28.7. The highest BCUT2D eigenvalue weighted by atomic mass is 16.5. The number of tetrazole rings is 1. The molecule has 2 aromatic heterocycles. The van der Waals surface area contributed by atoms with E-state index in [1.807, 2.05) is 111 Å². The fourth-order valence-corrected chi connectivity index (χ4v) is 6.90. The van der Waals surface area contributed by atoms with Crippen molar-refractivity contribution in [3.05, 3.63) is 184 Å². The van der Waals surface area contributed by atoms with Crippen LogP contribution in [0, 0.1) is 13.8 Å². The van der Waals surface area contributed by atoms with Crippen LogP contribution in [-0.4, -0.2) is 36.3 Å². The first-order valence-electron chi connectivity index (χ1n) is 16.9. The molecule has 8 nitrogen and oxygen atoms in total. The van der Waals surface area contributed by atoms with Gasteiger partial charge in [0.15, 0.2) is 5.54 Å². The molecule has 0 saturated carbocycles. The lowest BCUT2D eigenvalue weighted by Gasteiger charge is -2.34. The van der Waals surface area contributed by atoms with Crippen LogP contribution in [0.25, 0.3) is 22.5 Å². The van der Waals surface area contributed by atoms with Crippen molar-refractivity contribution in [2.45, 2.75) is 39.3 Å². The van der Waals surface area contributed by atoms with Crippen LogP contribution in [0.4, 0.5) is 0 Å². The minimum Gasteiger partial charge on any atom is -0.488 e. The first kappa shape index (κ1) is 33.1. The van der Waals surface area contributed by atoms with Crippen molar-refractivity contribution < 1.29 is 14.6 Å². The molecule has 51 heavy (non-hydrogen) atoms. The molecule has 0 aliphatic heterocycles. The Morgan fingerprint density at radius 3 is 1.76 bits per heavy atom. The molecule has 0 aliphatic carbocycles. The summed E-state index contributed by atoms with van der Waals surface area (Å²) in [5.41, 5.74) is 7.97. The molecule has 0 fully saturated rings. The number of benzene rings is 5. The summed E-state index contributed by atoms with van der Waals surface area (Å²) in [6.45, 7) is 5.78. The van der Waals surface area contributed by atoms with E-state index in [9.17, 15) is 9.90 Å². The second kappa shape index (κ2) is 14.2. The molecule has 2 heterocycles. The number of pyridine rings is 1. The molecule has 0 atom stereocenters. The number of nitrogens with zero attached hydrogens (tertiary/aromatic N) is 5. The van der Waals surface area contributed by atoms with Crippen LogP contribution < -0.4 is 4.74 Å². The Bertz CT molecular complexity index is 2190. The number of ether oxygens (including phenoxy) is 1. The molecule has 8 heteroatoms. The fourth-order valence-electron chi connectivity index (χ4n) is 6.90. The molecule has 0 saturated heterocycles. The van der Waals surface area contributed by atoms with Gasteiger partial charge in [-0.2, -0.15) is 0 Å². The molecule has 0 spiro atoms. The number of carboxylic acid groups (broad SMARTS) is 1. The number of aromatic carboxylic acids is 1. The van der Waals surface area contributed by atoms with Gasteiger partial charge in [-0.05, 0) is 58.9 Å². The summed E-state index contributed by atoms with van der Waals surface area (Å²) in [6.07, 6.45) is 0.617. The lowest BCUT2D eigenvalue weighted by molar-refractivity contribution is 0.0690. The third-order valence-corrected chi connectivity index (χ3v) is 9.31. The van der Waals surface area contributed by atoms with Crippen LogP contribution in [0.2, 0.25) is 0 Å². The van der Waals surface area contributed by atoms with E-state index < -0.39 is 11.5 Å². The number of aromatic nitrogens is 5. The molecule has 1 N–H and O–H groups in total. The van der Waals surface area contributed by atoms with E-state index >= 15 is 0 Å². The number of aryl methyl sites for hydroxylation is 2. The Morgan fingerprint density at radius 2 is 1.24 bits per heavy atom. The first-order valence-corrected chi connectivity index (χ1v) is 16.9. The van der Waals surface area contributed by atoms with E-state index in [4.69, 9.17) is 15.0 Å². The van der Waals surface area contributed by atoms with Gasteiger partial charge < -0.3 is 9.84 Å². The van der Waals surface area contributed by atoms with Gasteiger partial charge in [-0.25, -0.2) is 4.79 Å². The molecule has 5 aromatic carbocycles. The summed E-state index contributed by atoms with van der Waals surface area (Å²) in [5.74, 6) is -0.159. The number of hydrogen-bond acceptors (Lipinski definition) is 6. The Balaban J connectivity index is 1.25. The number of rotatable bonds is 11. The highest BCUT2D eigenvalue weighted by molar-refractivity contribution is 5.92. The summed E-state index contributed by atoms with van der Waals surface area (Å²) < 4.78 is 6.20. The number of carbonyl (C=O) groups is 1. The second-order valence-corrected chi connectivity index (χ2v) is 12.4. The van der Waals surface area contributed by atoms with E-state index in [1.165, 1.54) is 0 Å². The number of hydrogen-bond donors (Lipinski definition) is 1. The monoisotopic (exact) mass is 671 g/mol. The minimum atomic E-state index is -1.05. The van der Waals surface area contributed by atoms with Crippen LogP contribution in [0.15, 0.2) is 140 Å². The van der Waals surface area contributed by atoms with Crippen LogP contribution in [0.3, 0.4) is 0 Å². The van der Waals surface area contributed by atoms with Crippen LogP contribution in [0.1, 0.15) is 56.5 Å². The molecule has 0 unspecified atom stereocenters. The summed E-state index contributed by atoms with van der Waals surface area (Å²) >= 11 is 0. The van der Waals surface area contributed by atoms with Crippen molar-refractivity contribution in [1.82, 2.24) is 25.2 Å². The third-order valence-electron chi connectivity index (χ3n) is 9.31. The van der Waals surface area contributed by atoms with Gasteiger partial charge in [0, 0.05) is 16.8 Å². The van der Waals surface area contributed by atoms with E-state index in [0.29, 0.717) is 23.7 Å². The molecule has 0 aliphatic rings. The van der Waals surface area contributed by atoms with Crippen molar-refractivity contribution in [2.75, 3.05) is 0 Å². The molecule has 7 aromatic rings. The summed E-state index contributed by atoms with van der Waals surface area (Å²) in [7, 11) is 0. The lowest BCUT2D eigenvalue weighted by atomic mass is 9.77. The maximum absolute atomic E-state index is 12.1. The van der Waals surface area contributed by atoms with Gasteiger partial charge in [-0.1, -0.05) is 146 Å². The summed E-state index contributed by atoms with van der Waals surface area (Å²) in [4.78, 5) is 18.3. The first-order chi connectivity index (χ1) is 24.9. The second-order valence-electron chi connectivity index (χ2n) is 12.4. The Labute approximate surface area is 297 Å². The van der Waals surface area contributed by atoms with Gasteiger partial charge in [0.25, 0.3) is 0 Å². The maximum atomic E-state index is 12.1. The smallest absolute Gasteiger partial charge is 0.341 e. The molecular weight excluding hydrogens is 635 g/mol. The summed E-state index contributed by atoms with van der Waals surface area (Å²) in [6, 6.07) is 46.9. The van der Waals surface area contributed by atoms with Crippen molar-refractivity contribution in [2.24, 2.45) is 0 Å². The highest BCUT2D eigenvalue weighted by Gasteiger charge is 2.41. The average molecular weight is 672 g/mol. The van der Waals surface area contributed by atoms with Gasteiger partial charge in [-0.15, -0.1) is 15.0 Å². The Morgan fingerprint density at radius 1 is 0.706 bits per heavy atom. The van der Waals surface area contributed by atoms with Crippen molar-refractivity contribution in [3.8, 4) is 28.3 Å². The SMILES string of the molecule is CCc1c(C)nc(C)c(C(=O)O)c1OCc1ccc(-c2ccccc2-c2nnn(C(c3ccccc3)(c3ccccc3)c3ccccc3)n2)cc1. The van der Waals surface area contributed by atoms with Crippen molar-refractivity contribution in [3.63, 3.8) is 0 Å². The van der Waals surface area contributed by atoms with E-state index in [1.54, 1.807) is 11.7 Å². The van der Waals surface area contributed by atoms with Gasteiger partial charge in [-0.3, -0.25) is 4.98 Å². The largest absolute Gasteiger partial charge is 0.488 e. The standard InChI is InChI=1S/C43H37N5O3/c1-4-36-29(2)44-30(3)39(42(49)50)40(36)51-28-31-24-26-32(27-25-31)37-22-14-15-23-38(37)41-45-47-48(46-41)43(33-16-8-5-9-17-33,34-18-10-6-11-19-34)35-20-12-7-13-21-35/h5-27H,4,28H2,1-3H3,(H,49,50). The van der Waals surface area contributed by atoms with Crippen molar-refractivity contribution >= 4 is 5.97 Å². The fraction of sp³-hybridized carbons (Fsp3) is 0.140. The van der Waals surface area contributed by atoms with E-state index in [-0.39, 0.29) is 12.2 Å². The van der Waals surface area contributed by atoms with Crippen LogP contribution in [0.5, 0.6) is 5.75 Å². The predicted octanol–water partition coefficient (Wildman–Crippen LogP) is 8.70. The van der Waals surface area contributed by atoms with Crippen molar-refractivity contribution in [1.29, 1.82) is 0 Å². The van der Waals surface area contributed by atoms with Crippen LogP contribution in [-0.2, 0) is 18.6 Å². The predicted molar refractivity (Wildman–Crippen MR) is 198 cm³/mol. The number of carboxylic acids is 1. The topological polar surface area (TPSA) is 103 Å². The normalized spacial score (nSPS) is 11.4. The molecule has 0 amide bonds. The van der Waals surface area contributed by atoms with Crippen LogP contribution >= 0.6 is 0 Å². The van der Waals surface area contributed by atoms with Gasteiger partial charge in [0.05, 0.1) is 5.69 Å². The van der Waals surface area contributed by atoms with Gasteiger partial charge in [0.1, 0.15) is 17.9 Å². The van der Waals surface area contributed by atoms with Gasteiger partial charge >= 0.3 is 5.97 Å². The molecule has 0 radical (unpaired) electrons. The molecule has 252 valence electrons. The van der Waals surface area contributed by atoms with E-state index in [0.717, 1.165) is 50.2 Å². The Kier molecular flexibility index (Phi) is 9.22. The Hall–Kier alpha value is -6.41. The molecule has 0 bridgehead atoms. The minimum absolute atomic E-state index is 0.111. The highest BCUT2D eigenvalue weighted by Crippen LogP contribution is 2.40. The summed E-state index contributed by atoms with van der Waals surface area (Å²) in [5, 5.41) is 24.5. The zero-order valence-electron chi connectivity index (χ0n) is 28.7. The quantitative estimate of drug-likeness (QED) is 0.137. The average Bonchev–Trinajstić information content (AvgIpc) is 3.66. The third kappa shape index (κ3) is 6.16. The molecular formula is C43H37N5O3. The van der Waals surface area contributed by atoms with Gasteiger partial charge in [0.2, 0.25) is 5.82 Å².